The Balaban J connectivity index is 2.16. The molecule has 2 atom stereocenters. The molecule has 0 heterocycles. The molecule has 162 valence electrons. The fourth-order valence-corrected chi connectivity index (χ4v) is 2.98. The van der Waals surface area contributed by atoms with E-state index in [2.05, 4.69) is 19.2 Å². The summed E-state index contributed by atoms with van der Waals surface area (Å²) in [5, 5.41) is 2.86. The molecule has 0 saturated heterocycles. The van der Waals surface area contributed by atoms with Crippen LogP contribution in [0.2, 0.25) is 0 Å². The van der Waals surface area contributed by atoms with Gasteiger partial charge < -0.3 is 24.3 Å². The lowest BCUT2D eigenvalue weighted by molar-refractivity contribution is -0.123. The predicted octanol–water partition coefficient (Wildman–Crippen LogP) is 4.41. The summed E-state index contributed by atoms with van der Waals surface area (Å²) in [6.07, 6.45) is -0.0555. The summed E-state index contributed by atoms with van der Waals surface area (Å²) in [7, 11) is 4.39. The van der Waals surface area contributed by atoms with E-state index in [0.717, 1.165) is 12.0 Å². The van der Waals surface area contributed by atoms with Crippen LogP contribution in [0.5, 0.6) is 17.2 Å². The number of carbonyl (C=O) groups excluding carboxylic acids is 2. The van der Waals surface area contributed by atoms with Gasteiger partial charge in [-0.15, -0.1) is 0 Å². The summed E-state index contributed by atoms with van der Waals surface area (Å²) in [5.74, 6) is 0.216. The number of amides is 1. The van der Waals surface area contributed by atoms with E-state index in [1.807, 2.05) is 24.3 Å². The van der Waals surface area contributed by atoms with Crippen LogP contribution in [0.3, 0.4) is 0 Å². The molecule has 1 N–H and O–H groups in total. The van der Waals surface area contributed by atoms with Crippen molar-refractivity contribution in [1.29, 1.82) is 0 Å². The monoisotopic (exact) mass is 415 g/mol. The van der Waals surface area contributed by atoms with E-state index in [-0.39, 0.29) is 5.56 Å². The molecule has 0 fully saturated rings. The quantitative estimate of drug-likeness (QED) is 0.611. The number of nitrogens with one attached hydrogen (secondary N) is 1. The van der Waals surface area contributed by atoms with Crippen molar-refractivity contribution in [2.75, 3.05) is 26.6 Å². The average molecular weight is 415 g/mol. The highest BCUT2D eigenvalue weighted by atomic mass is 16.5. The van der Waals surface area contributed by atoms with Crippen molar-refractivity contribution in [3.8, 4) is 17.2 Å². The molecule has 7 nitrogen and oxygen atoms in total. The zero-order chi connectivity index (χ0) is 22.3. The van der Waals surface area contributed by atoms with Gasteiger partial charge in [-0.05, 0) is 43.0 Å². The Morgan fingerprint density at radius 1 is 0.967 bits per heavy atom. The van der Waals surface area contributed by atoms with Crippen LogP contribution in [0, 0.1) is 0 Å². The van der Waals surface area contributed by atoms with Gasteiger partial charge in [0.25, 0.3) is 5.91 Å². The van der Waals surface area contributed by atoms with Crippen LogP contribution in [0.4, 0.5) is 5.69 Å². The maximum Gasteiger partial charge on any atom is 0.339 e. The minimum Gasteiger partial charge on any atom is -0.493 e. The molecule has 0 bridgehead atoms. The molecule has 0 aromatic heterocycles. The topological polar surface area (TPSA) is 83.1 Å². The van der Waals surface area contributed by atoms with Crippen molar-refractivity contribution in [2.24, 2.45) is 0 Å². The lowest BCUT2D eigenvalue weighted by atomic mass is 9.97. The molecular weight excluding hydrogens is 386 g/mol. The zero-order valence-corrected chi connectivity index (χ0v) is 18.3. The zero-order valence-electron chi connectivity index (χ0n) is 18.3. The van der Waals surface area contributed by atoms with Crippen LogP contribution >= 0.6 is 0 Å². The second-order valence-electron chi connectivity index (χ2n) is 6.85. The Morgan fingerprint density at radius 2 is 1.57 bits per heavy atom. The van der Waals surface area contributed by atoms with E-state index in [9.17, 15) is 9.59 Å². The van der Waals surface area contributed by atoms with Gasteiger partial charge in [0.05, 0.1) is 26.9 Å². The third kappa shape index (κ3) is 5.23. The van der Waals surface area contributed by atoms with Crippen LogP contribution in [0.1, 0.15) is 49.0 Å². The third-order valence-corrected chi connectivity index (χ3v) is 4.92. The average Bonchev–Trinajstić information content (AvgIpc) is 2.77. The first-order valence-electron chi connectivity index (χ1n) is 9.76. The smallest absolute Gasteiger partial charge is 0.339 e. The number of carbonyl (C=O) groups is 2. The number of para-hydroxylation sites is 1. The van der Waals surface area contributed by atoms with Gasteiger partial charge >= 0.3 is 5.97 Å². The first kappa shape index (κ1) is 23.1. The number of benzene rings is 2. The molecule has 2 aromatic carbocycles. The SMILES string of the molecule is CC[C@@H](C)c1ccccc1NC(=O)[C@@H](C)OC(=O)c1cc(OC)c(OC)c(OC)c1. The Kier molecular flexibility index (Phi) is 8.09. The predicted molar refractivity (Wildman–Crippen MR) is 115 cm³/mol. The maximum atomic E-state index is 12.6. The molecule has 0 aliphatic rings. The van der Waals surface area contributed by atoms with Gasteiger partial charge in [0, 0.05) is 5.69 Å². The summed E-state index contributed by atoms with van der Waals surface area (Å²) >= 11 is 0. The summed E-state index contributed by atoms with van der Waals surface area (Å²) in [6.45, 7) is 5.71. The minimum atomic E-state index is -0.999. The fraction of sp³-hybridized carbons (Fsp3) is 0.391. The maximum absolute atomic E-state index is 12.6. The Bertz CT molecular complexity index is 870. The lowest BCUT2D eigenvalue weighted by Gasteiger charge is -2.18. The normalized spacial score (nSPS) is 12.5. The molecule has 0 saturated carbocycles. The Hall–Kier alpha value is -3.22. The van der Waals surface area contributed by atoms with E-state index in [0.29, 0.717) is 28.9 Å². The van der Waals surface area contributed by atoms with Crippen LogP contribution in [-0.4, -0.2) is 39.3 Å². The number of anilines is 1. The Morgan fingerprint density at radius 3 is 2.10 bits per heavy atom. The first-order valence-corrected chi connectivity index (χ1v) is 9.76. The Labute approximate surface area is 177 Å². The summed E-state index contributed by atoms with van der Waals surface area (Å²) < 4.78 is 21.1. The lowest BCUT2D eigenvalue weighted by Crippen LogP contribution is -2.30. The molecular formula is C23H29NO6. The number of methoxy groups -OCH3 is 3. The number of ether oxygens (including phenoxy) is 4. The van der Waals surface area contributed by atoms with Crippen LogP contribution in [-0.2, 0) is 9.53 Å². The number of rotatable bonds is 9. The van der Waals surface area contributed by atoms with Gasteiger partial charge in [0.15, 0.2) is 17.6 Å². The van der Waals surface area contributed by atoms with Crippen molar-refractivity contribution in [1.82, 2.24) is 0 Å². The van der Waals surface area contributed by atoms with Crippen molar-refractivity contribution < 1.29 is 28.5 Å². The van der Waals surface area contributed by atoms with Crippen molar-refractivity contribution in [2.45, 2.75) is 39.2 Å². The van der Waals surface area contributed by atoms with Crippen LogP contribution in [0.25, 0.3) is 0 Å². The van der Waals surface area contributed by atoms with Crippen LogP contribution < -0.4 is 19.5 Å². The van der Waals surface area contributed by atoms with Gasteiger partial charge in [0.2, 0.25) is 5.75 Å². The highest BCUT2D eigenvalue weighted by molar-refractivity contribution is 5.98. The molecule has 0 radical (unpaired) electrons. The molecule has 1 amide bonds. The molecule has 2 rings (SSSR count). The summed E-state index contributed by atoms with van der Waals surface area (Å²) in [6, 6.07) is 10.6. The molecule has 2 aromatic rings. The summed E-state index contributed by atoms with van der Waals surface area (Å²) in [4.78, 5) is 25.2. The number of esters is 1. The van der Waals surface area contributed by atoms with E-state index < -0.39 is 18.0 Å². The third-order valence-electron chi connectivity index (χ3n) is 4.92. The van der Waals surface area contributed by atoms with E-state index in [1.165, 1.54) is 40.4 Å². The highest BCUT2D eigenvalue weighted by Gasteiger charge is 2.23. The fourth-order valence-electron chi connectivity index (χ4n) is 2.98. The first-order chi connectivity index (χ1) is 14.4. The highest BCUT2D eigenvalue weighted by Crippen LogP contribution is 2.38. The van der Waals surface area contributed by atoms with Crippen molar-refractivity contribution >= 4 is 17.6 Å². The molecule has 0 spiro atoms. The number of hydrogen-bond donors (Lipinski definition) is 1. The minimum absolute atomic E-state index is 0.184. The summed E-state index contributed by atoms with van der Waals surface area (Å²) in [5.41, 5.74) is 1.94. The van der Waals surface area contributed by atoms with E-state index in [4.69, 9.17) is 18.9 Å². The largest absolute Gasteiger partial charge is 0.493 e. The molecule has 0 unspecified atom stereocenters. The van der Waals surface area contributed by atoms with Gasteiger partial charge in [-0.25, -0.2) is 4.79 Å². The van der Waals surface area contributed by atoms with Gasteiger partial charge in [0.1, 0.15) is 0 Å². The molecule has 7 heteroatoms. The van der Waals surface area contributed by atoms with Crippen molar-refractivity contribution in [3.63, 3.8) is 0 Å². The molecule has 0 aliphatic heterocycles. The molecule has 0 aliphatic carbocycles. The van der Waals surface area contributed by atoms with Gasteiger partial charge in [-0.2, -0.15) is 0 Å². The van der Waals surface area contributed by atoms with E-state index >= 15 is 0 Å². The van der Waals surface area contributed by atoms with E-state index in [1.54, 1.807) is 0 Å². The van der Waals surface area contributed by atoms with Crippen LogP contribution in [0.15, 0.2) is 36.4 Å². The van der Waals surface area contributed by atoms with Crippen molar-refractivity contribution in [3.05, 3.63) is 47.5 Å². The second kappa shape index (κ2) is 10.5. The standard InChI is InChI=1S/C23H29NO6/c1-7-14(2)17-10-8-9-11-18(17)24-22(25)15(3)30-23(26)16-12-19(27-4)21(29-6)20(13-16)28-5/h8-15H,7H2,1-6H3,(H,24,25)/t14-,15-/m1/s1. The van der Waals surface area contributed by atoms with Gasteiger partial charge in [-0.3, -0.25) is 4.79 Å². The second-order valence-corrected chi connectivity index (χ2v) is 6.85. The number of hydrogen-bond acceptors (Lipinski definition) is 6. The van der Waals surface area contributed by atoms with Gasteiger partial charge in [-0.1, -0.05) is 32.0 Å². The molecule has 30 heavy (non-hydrogen) atoms.